The molecule has 10 nitrogen and oxygen atoms in total. The van der Waals surface area contributed by atoms with Gasteiger partial charge in [-0.1, -0.05) is 42.5 Å². The van der Waals surface area contributed by atoms with Gasteiger partial charge in [0.05, 0.1) is 18.4 Å². The fraction of sp³-hybridized carbons (Fsp3) is 0.200. The number of aromatic amines is 1. The number of ether oxygens (including phenoxy) is 1. The number of methoxy groups -OCH3 is 1. The molecule has 4 amide bonds. The number of urea groups is 1. The fourth-order valence-corrected chi connectivity index (χ4v) is 5.63. The summed E-state index contributed by atoms with van der Waals surface area (Å²) in [5.74, 6) is -1.69. The number of fused-ring (bicyclic) bond motifs is 4. The van der Waals surface area contributed by atoms with Gasteiger partial charge in [0.1, 0.15) is 23.9 Å². The van der Waals surface area contributed by atoms with E-state index >= 15 is 0 Å². The van der Waals surface area contributed by atoms with Crippen LogP contribution in [-0.4, -0.2) is 58.0 Å². The molecule has 10 heteroatoms. The molecule has 1 fully saturated rings. The number of amides is 4. The van der Waals surface area contributed by atoms with Crippen molar-refractivity contribution in [1.29, 1.82) is 0 Å². The van der Waals surface area contributed by atoms with Crippen molar-refractivity contribution in [2.75, 3.05) is 12.0 Å². The molecule has 0 bridgehead atoms. The van der Waals surface area contributed by atoms with Crippen molar-refractivity contribution in [2.45, 2.75) is 31.5 Å². The number of carboxylic acids is 1. The molecule has 2 aliphatic heterocycles. The minimum atomic E-state index is -1.20. The molecular weight excluding hydrogens is 512 g/mol. The molecule has 6 rings (SSSR count). The lowest BCUT2D eigenvalue weighted by atomic mass is 9.89. The van der Waals surface area contributed by atoms with Crippen LogP contribution >= 0.6 is 0 Å². The summed E-state index contributed by atoms with van der Waals surface area (Å²) >= 11 is 0. The minimum absolute atomic E-state index is 0.0297. The van der Waals surface area contributed by atoms with Crippen molar-refractivity contribution in [3.8, 4) is 5.75 Å². The summed E-state index contributed by atoms with van der Waals surface area (Å²) in [4.78, 5) is 58.6. The van der Waals surface area contributed by atoms with Crippen LogP contribution in [0.25, 0.3) is 10.9 Å². The molecule has 0 radical (unpaired) electrons. The van der Waals surface area contributed by atoms with Crippen LogP contribution in [0.15, 0.2) is 72.8 Å². The summed E-state index contributed by atoms with van der Waals surface area (Å²) in [6.45, 7) is 1.34. The highest BCUT2D eigenvalue weighted by atomic mass is 16.5. The van der Waals surface area contributed by atoms with Crippen LogP contribution < -0.4 is 15.0 Å². The highest BCUT2D eigenvalue weighted by molar-refractivity contribution is 6.24. The Kier molecular flexibility index (Phi) is 6.02. The second kappa shape index (κ2) is 9.57. The van der Waals surface area contributed by atoms with Gasteiger partial charge >= 0.3 is 12.0 Å². The van der Waals surface area contributed by atoms with Crippen LogP contribution in [0.4, 0.5) is 10.5 Å². The third kappa shape index (κ3) is 3.87. The van der Waals surface area contributed by atoms with Crippen molar-refractivity contribution < 1.29 is 29.0 Å². The third-order valence-electron chi connectivity index (χ3n) is 7.59. The van der Waals surface area contributed by atoms with Crippen molar-refractivity contribution in [3.05, 3.63) is 95.2 Å². The number of hydrogen-bond donors (Lipinski definition) is 3. The normalized spacial score (nSPS) is 18.9. The molecule has 3 atom stereocenters. The van der Waals surface area contributed by atoms with Crippen molar-refractivity contribution in [1.82, 2.24) is 15.2 Å². The van der Waals surface area contributed by atoms with Crippen LogP contribution in [0.1, 0.15) is 40.1 Å². The van der Waals surface area contributed by atoms with Gasteiger partial charge in [0.2, 0.25) is 0 Å². The number of aliphatic carboxylic acids is 1. The number of nitrogens with one attached hydrogen (secondary N) is 2. The van der Waals surface area contributed by atoms with Gasteiger partial charge in [-0.25, -0.2) is 9.69 Å². The van der Waals surface area contributed by atoms with E-state index in [0.717, 1.165) is 32.6 Å². The average Bonchev–Trinajstić information content (AvgIpc) is 3.46. The molecular formula is C30H26N4O6. The second-order valence-corrected chi connectivity index (χ2v) is 9.87. The number of H-pyrrole nitrogens is 1. The molecule has 1 aromatic heterocycles. The molecule has 4 aromatic rings. The zero-order valence-corrected chi connectivity index (χ0v) is 21.8. The van der Waals surface area contributed by atoms with E-state index in [2.05, 4.69) is 10.3 Å². The Morgan fingerprint density at radius 2 is 1.73 bits per heavy atom. The zero-order valence-electron chi connectivity index (χ0n) is 21.8. The Morgan fingerprint density at radius 3 is 2.45 bits per heavy atom. The Bertz CT molecular complexity index is 1680. The molecule has 0 aliphatic carbocycles. The summed E-state index contributed by atoms with van der Waals surface area (Å²) in [7, 11) is 1.58. The van der Waals surface area contributed by atoms with Gasteiger partial charge < -0.3 is 20.1 Å². The SMILES string of the molecule is COc1ccc([C@H]2c3[nH]c4ccccc4c3C[C@H]3C(=O)N(c4ccccc4C(=O)N[C@@H](C)C(=O)O)C(=O)N23)cc1. The number of carbonyl (C=O) groups is 4. The molecule has 3 N–H and O–H groups in total. The van der Waals surface area contributed by atoms with Crippen LogP contribution in [0, 0.1) is 0 Å². The number of carboxylic acid groups (broad SMARTS) is 1. The predicted octanol–water partition coefficient (Wildman–Crippen LogP) is 3.86. The second-order valence-electron chi connectivity index (χ2n) is 9.87. The Hall–Kier alpha value is -5.12. The first kappa shape index (κ1) is 25.2. The number of benzene rings is 3. The lowest BCUT2D eigenvalue weighted by molar-refractivity contribution is -0.138. The van der Waals surface area contributed by atoms with Crippen molar-refractivity contribution in [3.63, 3.8) is 0 Å². The van der Waals surface area contributed by atoms with Gasteiger partial charge in [0.25, 0.3) is 11.8 Å². The van der Waals surface area contributed by atoms with E-state index in [0.29, 0.717) is 12.2 Å². The molecule has 40 heavy (non-hydrogen) atoms. The van der Waals surface area contributed by atoms with E-state index in [1.165, 1.54) is 19.1 Å². The molecule has 0 spiro atoms. The van der Waals surface area contributed by atoms with E-state index < -0.39 is 41.9 Å². The summed E-state index contributed by atoms with van der Waals surface area (Å²) in [5.41, 5.74) is 3.63. The van der Waals surface area contributed by atoms with Crippen LogP contribution in [-0.2, 0) is 16.0 Å². The van der Waals surface area contributed by atoms with E-state index in [1.54, 1.807) is 24.1 Å². The number of aromatic nitrogens is 1. The summed E-state index contributed by atoms with van der Waals surface area (Å²) in [6.07, 6.45) is 0.303. The maximum absolute atomic E-state index is 14.2. The highest BCUT2D eigenvalue weighted by Gasteiger charge is 2.53. The van der Waals surface area contributed by atoms with Gasteiger partial charge in [-0.3, -0.25) is 19.3 Å². The maximum Gasteiger partial charge on any atom is 0.332 e. The van der Waals surface area contributed by atoms with E-state index in [-0.39, 0.29) is 11.3 Å². The number of nitrogens with zero attached hydrogens (tertiary/aromatic N) is 2. The lowest BCUT2D eigenvalue weighted by Gasteiger charge is -2.36. The first-order valence-corrected chi connectivity index (χ1v) is 12.8. The van der Waals surface area contributed by atoms with Crippen LogP contribution in [0.5, 0.6) is 5.75 Å². The number of hydrogen-bond acceptors (Lipinski definition) is 5. The molecule has 3 heterocycles. The Balaban J connectivity index is 1.46. The maximum atomic E-state index is 14.2. The highest BCUT2D eigenvalue weighted by Crippen LogP contribution is 2.45. The molecule has 3 aromatic carbocycles. The standard InChI is InChI=1S/C30H26N4O6/c1-16(29(37)38)31-27(35)20-8-4-6-10-23(20)34-28(36)24-15-21-19-7-3-5-9-22(19)32-25(21)26(33(24)30(34)39)17-11-13-18(40-2)14-12-17/h3-14,16,24,26,32H,15H2,1-2H3,(H,31,35)(H,37,38)/t16-,24-,26-/m0/s1. The number of para-hydroxylation sites is 2. The number of imide groups is 1. The monoisotopic (exact) mass is 538 g/mol. The number of carbonyl (C=O) groups excluding carboxylic acids is 3. The van der Waals surface area contributed by atoms with Crippen LogP contribution in [0.3, 0.4) is 0 Å². The molecule has 1 saturated heterocycles. The third-order valence-corrected chi connectivity index (χ3v) is 7.59. The van der Waals surface area contributed by atoms with Gasteiger partial charge in [0, 0.05) is 23.0 Å². The quantitative estimate of drug-likeness (QED) is 0.320. The van der Waals surface area contributed by atoms with Crippen LogP contribution in [0.2, 0.25) is 0 Å². The largest absolute Gasteiger partial charge is 0.497 e. The zero-order chi connectivity index (χ0) is 28.1. The predicted molar refractivity (Wildman–Crippen MR) is 146 cm³/mol. The first-order chi connectivity index (χ1) is 19.3. The van der Waals surface area contributed by atoms with Gasteiger partial charge in [-0.2, -0.15) is 0 Å². The molecule has 0 saturated carbocycles. The van der Waals surface area contributed by atoms with E-state index in [4.69, 9.17) is 4.74 Å². The molecule has 202 valence electrons. The minimum Gasteiger partial charge on any atom is -0.497 e. The van der Waals surface area contributed by atoms with Gasteiger partial charge in [-0.15, -0.1) is 0 Å². The van der Waals surface area contributed by atoms with Crippen molar-refractivity contribution in [2.24, 2.45) is 0 Å². The smallest absolute Gasteiger partial charge is 0.332 e. The average molecular weight is 539 g/mol. The lowest BCUT2D eigenvalue weighted by Crippen LogP contribution is -2.44. The van der Waals surface area contributed by atoms with Gasteiger partial charge in [-0.05, 0) is 48.4 Å². The Labute approximate surface area is 229 Å². The molecule has 0 unspecified atom stereocenters. The summed E-state index contributed by atoms with van der Waals surface area (Å²) < 4.78 is 5.33. The Morgan fingerprint density at radius 1 is 1.02 bits per heavy atom. The number of anilines is 1. The molecule has 2 aliphatic rings. The summed E-state index contributed by atoms with van der Waals surface area (Å²) in [6, 6.07) is 18.3. The van der Waals surface area contributed by atoms with E-state index in [9.17, 15) is 24.3 Å². The number of rotatable bonds is 6. The first-order valence-electron chi connectivity index (χ1n) is 12.8. The fourth-order valence-electron chi connectivity index (χ4n) is 5.63. The van der Waals surface area contributed by atoms with E-state index in [1.807, 2.05) is 48.5 Å². The summed E-state index contributed by atoms with van der Waals surface area (Å²) in [5, 5.41) is 12.6. The van der Waals surface area contributed by atoms with Gasteiger partial charge in [0.15, 0.2) is 0 Å². The van der Waals surface area contributed by atoms with Crippen molar-refractivity contribution >= 4 is 40.4 Å². The topological polar surface area (TPSA) is 132 Å².